The molecule has 1 amide bonds. The fraction of sp³-hybridized carbons (Fsp3) is 0.400. The number of carbonyl (C=O) groups excluding carboxylic acids is 1. The Hall–Kier alpha value is -2.57. The van der Waals surface area contributed by atoms with Gasteiger partial charge in [-0.05, 0) is 31.9 Å². The van der Waals surface area contributed by atoms with Crippen LogP contribution >= 0.6 is 0 Å². The molecule has 7 nitrogen and oxygen atoms in total. The van der Waals surface area contributed by atoms with Crippen LogP contribution < -0.4 is 10.2 Å². The minimum absolute atomic E-state index is 0.196. The van der Waals surface area contributed by atoms with Gasteiger partial charge in [0.05, 0.1) is 11.9 Å². The first-order chi connectivity index (χ1) is 10.7. The first-order valence-electron chi connectivity index (χ1n) is 7.35. The Balaban J connectivity index is 1.61. The van der Waals surface area contributed by atoms with Gasteiger partial charge < -0.3 is 10.2 Å². The summed E-state index contributed by atoms with van der Waals surface area (Å²) in [5, 5.41) is 11.0. The van der Waals surface area contributed by atoms with Crippen molar-refractivity contribution in [2.75, 3.05) is 18.0 Å². The number of hydrogen-bond acceptors (Lipinski definition) is 6. The minimum Gasteiger partial charge on any atom is -0.350 e. The van der Waals surface area contributed by atoms with Gasteiger partial charge in [-0.1, -0.05) is 0 Å². The predicted octanol–water partition coefficient (Wildman–Crippen LogP) is 0.974. The quantitative estimate of drug-likeness (QED) is 0.905. The van der Waals surface area contributed by atoms with Crippen LogP contribution in [-0.4, -0.2) is 45.2 Å². The van der Waals surface area contributed by atoms with E-state index in [2.05, 4.69) is 30.4 Å². The zero-order valence-electron chi connectivity index (χ0n) is 12.4. The van der Waals surface area contributed by atoms with Crippen LogP contribution in [0.15, 0.2) is 30.7 Å². The zero-order valence-corrected chi connectivity index (χ0v) is 12.4. The Bertz CT molecular complexity index is 630. The summed E-state index contributed by atoms with van der Waals surface area (Å²) in [6.07, 6.45) is 6.86. The van der Waals surface area contributed by atoms with Gasteiger partial charge in [0, 0.05) is 31.5 Å². The van der Waals surface area contributed by atoms with E-state index in [0.29, 0.717) is 12.2 Å². The molecule has 0 saturated carbocycles. The predicted molar refractivity (Wildman–Crippen MR) is 81.5 cm³/mol. The van der Waals surface area contributed by atoms with E-state index in [0.717, 1.165) is 30.9 Å². The van der Waals surface area contributed by atoms with Gasteiger partial charge in [-0.15, -0.1) is 5.10 Å². The Morgan fingerprint density at radius 3 is 3.05 bits per heavy atom. The molecule has 1 saturated heterocycles. The van der Waals surface area contributed by atoms with Crippen LogP contribution in [0, 0.1) is 6.92 Å². The third-order valence-electron chi connectivity index (χ3n) is 3.74. The molecule has 2 aromatic heterocycles. The molecule has 7 heteroatoms. The number of amides is 1. The number of carbonyl (C=O) groups is 1. The van der Waals surface area contributed by atoms with Gasteiger partial charge in [-0.25, -0.2) is 4.98 Å². The lowest BCUT2D eigenvalue weighted by atomic mass is 10.2. The van der Waals surface area contributed by atoms with E-state index in [1.807, 2.05) is 19.1 Å². The van der Waals surface area contributed by atoms with Gasteiger partial charge in [0.1, 0.15) is 5.69 Å². The van der Waals surface area contributed by atoms with Crippen molar-refractivity contribution in [1.82, 2.24) is 25.5 Å². The summed E-state index contributed by atoms with van der Waals surface area (Å²) in [7, 11) is 0. The number of nitrogens with zero attached hydrogens (tertiary/aromatic N) is 5. The van der Waals surface area contributed by atoms with Crippen molar-refractivity contribution in [3.05, 3.63) is 42.1 Å². The Morgan fingerprint density at radius 1 is 1.41 bits per heavy atom. The normalized spacial score (nSPS) is 17.5. The maximum atomic E-state index is 12.1. The number of nitrogens with one attached hydrogen (secondary N) is 1. The van der Waals surface area contributed by atoms with Gasteiger partial charge in [-0.2, -0.15) is 5.10 Å². The summed E-state index contributed by atoms with van der Waals surface area (Å²) >= 11 is 0. The fourth-order valence-electron chi connectivity index (χ4n) is 2.61. The monoisotopic (exact) mass is 298 g/mol. The third-order valence-corrected chi connectivity index (χ3v) is 3.74. The molecule has 1 fully saturated rings. The molecule has 0 bridgehead atoms. The second-order valence-corrected chi connectivity index (χ2v) is 5.32. The van der Waals surface area contributed by atoms with E-state index < -0.39 is 0 Å². The highest BCUT2D eigenvalue weighted by Gasteiger charge is 2.26. The number of anilines is 1. The molecule has 1 atom stereocenters. The molecule has 114 valence electrons. The molecule has 0 spiro atoms. The van der Waals surface area contributed by atoms with E-state index in [9.17, 15) is 4.79 Å². The maximum Gasteiger partial charge on any atom is 0.271 e. The molecule has 2 aromatic rings. The number of hydrogen-bond donors (Lipinski definition) is 1. The van der Waals surface area contributed by atoms with E-state index in [-0.39, 0.29) is 11.9 Å². The molecule has 1 aliphatic heterocycles. The molecule has 0 aliphatic carbocycles. The highest BCUT2D eigenvalue weighted by atomic mass is 16.1. The van der Waals surface area contributed by atoms with Gasteiger partial charge in [0.15, 0.2) is 5.82 Å². The lowest BCUT2D eigenvalue weighted by molar-refractivity contribution is 0.0946. The lowest BCUT2D eigenvalue weighted by Gasteiger charge is -2.25. The van der Waals surface area contributed by atoms with E-state index in [4.69, 9.17) is 0 Å². The Morgan fingerprint density at radius 2 is 2.32 bits per heavy atom. The van der Waals surface area contributed by atoms with Gasteiger partial charge in [0.25, 0.3) is 5.91 Å². The van der Waals surface area contributed by atoms with Crippen molar-refractivity contribution < 1.29 is 4.79 Å². The molecule has 0 unspecified atom stereocenters. The van der Waals surface area contributed by atoms with E-state index in [1.165, 1.54) is 6.20 Å². The molecular formula is C15H18N6O. The standard InChI is InChI=1S/C15H18N6O/c1-11-8-17-13(10-16-11)15(22)18-9-12-4-3-7-21(12)14-5-2-6-19-20-14/h2,5-6,8,10,12H,3-4,7,9H2,1H3,(H,18,22)/t12-/m0/s1. The van der Waals surface area contributed by atoms with Crippen molar-refractivity contribution in [2.24, 2.45) is 0 Å². The minimum atomic E-state index is -0.196. The average Bonchev–Trinajstić information content (AvgIpc) is 3.02. The van der Waals surface area contributed by atoms with E-state index >= 15 is 0 Å². The van der Waals surface area contributed by atoms with Gasteiger partial charge in [-0.3, -0.25) is 9.78 Å². The zero-order chi connectivity index (χ0) is 15.4. The first-order valence-corrected chi connectivity index (χ1v) is 7.35. The van der Waals surface area contributed by atoms with Gasteiger partial charge >= 0.3 is 0 Å². The average molecular weight is 298 g/mol. The molecule has 1 aliphatic rings. The largest absolute Gasteiger partial charge is 0.350 e. The fourth-order valence-corrected chi connectivity index (χ4v) is 2.61. The highest BCUT2D eigenvalue weighted by Crippen LogP contribution is 2.22. The van der Waals surface area contributed by atoms with Crippen LogP contribution in [0.2, 0.25) is 0 Å². The second kappa shape index (κ2) is 6.46. The van der Waals surface area contributed by atoms with Crippen molar-refractivity contribution in [2.45, 2.75) is 25.8 Å². The summed E-state index contributed by atoms with van der Waals surface area (Å²) in [5.74, 6) is 0.660. The first kappa shape index (κ1) is 14.4. The van der Waals surface area contributed by atoms with E-state index in [1.54, 1.807) is 12.4 Å². The maximum absolute atomic E-state index is 12.1. The number of aromatic nitrogens is 4. The molecule has 0 radical (unpaired) electrons. The Labute approximate surface area is 128 Å². The third kappa shape index (κ3) is 3.19. The van der Waals surface area contributed by atoms with Crippen LogP contribution in [0.5, 0.6) is 0 Å². The molecule has 22 heavy (non-hydrogen) atoms. The smallest absolute Gasteiger partial charge is 0.271 e. The summed E-state index contributed by atoms with van der Waals surface area (Å²) in [6, 6.07) is 4.05. The molecule has 1 N–H and O–H groups in total. The number of aryl methyl sites for hydroxylation is 1. The summed E-state index contributed by atoms with van der Waals surface area (Å²) in [4.78, 5) is 22.5. The number of rotatable bonds is 4. The molecular weight excluding hydrogens is 280 g/mol. The van der Waals surface area contributed by atoms with Crippen molar-refractivity contribution in [3.63, 3.8) is 0 Å². The molecule has 3 rings (SSSR count). The Kier molecular flexibility index (Phi) is 4.22. The van der Waals surface area contributed by atoms with Crippen LogP contribution in [0.4, 0.5) is 5.82 Å². The van der Waals surface area contributed by atoms with Crippen LogP contribution in [0.25, 0.3) is 0 Å². The summed E-state index contributed by atoms with van der Waals surface area (Å²) < 4.78 is 0. The van der Waals surface area contributed by atoms with Crippen molar-refractivity contribution in [1.29, 1.82) is 0 Å². The summed E-state index contributed by atoms with van der Waals surface area (Å²) in [6.45, 7) is 3.33. The molecule has 0 aromatic carbocycles. The highest BCUT2D eigenvalue weighted by molar-refractivity contribution is 5.91. The van der Waals surface area contributed by atoms with Crippen LogP contribution in [0.3, 0.4) is 0 Å². The second-order valence-electron chi connectivity index (χ2n) is 5.32. The van der Waals surface area contributed by atoms with Gasteiger partial charge in [0.2, 0.25) is 0 Å². The van der Waals surface area contributed by atoms with Crippen molar-refractivity contribution >= 4 is 11.7 Å². The van der Waals surface area contributed by atoms with Crippen molar-refractivity contribution in [3.8, 4) is 0 Å². The lowest BCUT2D eigenvalue weighted by Crippen LogP contribution is -2.40. The van der Waals surface area contributed by atoms with Crippen LogP contribution in [0.1, 0.15) is 29.0 Å². The van der Waals surface area contributed by atoms with Crippen LogP contribution in [-0.2, 0) is 0 Å². The SMILES string of the molecule is Cc1cnc(C(=O)NC[C@@H]2CCCN2c2cccnn2)cn1. The topological polar surface area (TPSA) is 83.9 Å². The summed E-state index contributed by atoms with van der Waals surface area (Å²) in [5.41, 5.74) is 1.14. The molecule has 3 heterocycles.